The predicted octanol–water partition coefficient (Wildman–Crippen LogP) is 4.14. The number of nitrogens with one attached hydrogen (secondary N) is 1. The molecule has 2 rings (SSSR count). The van der Waals surface area contributed by atoms with Gasteiger partial charge in [-0.2, -0.15) is 13.2 Å². The van der Waals surface area contributed by atoms with E-state index in [2.05, 4.69) is 5.32 Å². The Kier molecular flexibility index (Phi) is 6.17. The minimum absolute atomic E-state index is 0.0167. The Labute approximate surface area is 139 Å². The highest BCUT2D eigenvalue weighted by molar-refractivity contribution is 6.31. The molecule has 1 saturated heterocycles. The summed E-state index contributed by atoms with van der Waals surface area (Å²) in [7, 11) is 0. The van der Waals surface area contributed by atoms with E-state index in [1.165, 1.54) is 18.2 Å². The maximum Gasteiger partial charge on any atom is 0.421 e. The molecule has 1 aromatic rings. The highest BCUT2D eigenvalue weighted by atomic mass is 35.5. The maximum atomic E-state index is 13.2. The third kappa shape index (κ3) is 4.99. The summed E-state index contributed by atoms with van der Waals surface area (Å²) in [6, 6.07) is 3.98. The standard InChI is InChI=1S/C16H21ClF3NO2/c1-10(2)22-9-14(11-6-7-21-8-11)23-13-5-3-4-12(17)15(13)16(18,19)20/h3-5,10-11,14,21H,6-9H2,1-2H3. The van der Waals surface area contributed by atoms with Crippen molar-refractivity contribution in [3.8, 4) is 5.75 Å². The van der Waals surface area contributed by atoms with E-state index < -0.39 is 17.8 Å². The van der Waals surface area contributed by atoms with Crippen molar-refractivity contribution in [2.24, 2.45) is 5.92 Å². The van der Waals surface area contributed by atoms with Gasteiger partial charge in [0.05, 0.1) is 17.7 Å². The van der Waals surface area contributed by atoms with Gasteiger partial charge in [-0.1, -0.05) is 17.7 Å². The molecule has 0 aliphatic carbocycles. The summed E-state index contributed by atoms with van der Waals surface area (Å²) in [4.78, 5) is 0. The molecule has 1 heterocycles. The van der Waals surface area contributed by atoms with E-state index in [1.807, 2.05) is 13.8 Å². The normalized spacial score (nSPS) is 20.0. The Balaban J connectivity index is 2.23. The molecule has 130 valence electrons. The molecule has 1 aliphatic rings. The zero-order valence-corrected chi connectivity index (χ0v) is 13.9. The van der Waals surface area contributed by atoms with Crippen LogP contribution in [0.25, 0.3) is 0 Å². The van der Waals surface area contributed by atoms with Gasteiger partial charge in [-0.25, -0.2) is 0 Å². The van der Waals surface area contributed by atoms with Crippen LogP contribution in [0.1, 0.15) is 25.8 Å². The highest BCUT2D eigenvalue weighted by Gasteiger charge is 2.38. The van der Waals surface area contributed by atoms with Gasteiger partial charge in [0.25, 0.3) is 0 Å². The first kappa shape index (κ1) is 18.4. The molecule has 3 nitrogen and oxygen atoms in total. The van der Waals surface area contributed by atoms with Crippen LogP contribution in [0.3, 0.4) is 0 Å². The van der Waals surface area contributed by atoms with Crippen molar-refractivity contribution in [1.82, 2.24) is 5.32 Å². The first-order valence-corrected chi connectivity index (χ1v) is 8.01. The van der Waals surface area contributed by atoms with Crippen LogP contribution in [0, 0.1) is 5.92 Å². The predicted molar refractivity (Wildman–Crippen MR) is 82.9 cm³/mol. The largest absolute Gasteiger partial charge is 0.487 e. The molecule has 1 aliphatic heterocycles. The molecular weight excluding hydrogens is 331 g/mol. The molecule has 0 spiro atoms. The zero-order chi connectivity index (χ0) is 17.0. The van der Waals surface area contributed by atoms with Gasteiger partial charge >= 0.3 is 6.18 Å². The highest BCUT2D eigenvalue weighted by Crippen LogP contribution is 2.41. The lowest BCUT2D eigenvalue weighted by Gasteiger charge is -2.27. The van der Waals surface area contributed by atoms with Crippen LogP contribution in [0.15, 0.2) is 18.2 Å². The second-order valence-electron chi connectivity index (χ2n) is 5.90. The Bertz CT molecular complexity index is 517. The van der Waals surface area contributed by atoms with E-state index >= 15 is 0 Å². The smallest absolute Gasteiger partial charge is 0.421 e. The van der Waals surface area contributed by atoms with Crippen LogP contribution in [0.2, 0.25) is 5.02 Å². The van der Waals surface area contributed by atoms with Crippen molar-refractivity contribution in [2.75, 3.05) is 19.7 Å². The summed E-state index contributed by atoms with van der Waals surface area (Å²) < 4.78 is 51.0. The number of hydrogen-bond acceptors (Lipinski definition) is 3. The van der Waals surface area contributed by atoms with Crippen molar-refractivity contribution in [3.05, 3.63) is 28.8 Å². The summed E-state index contributed by atoms with van der Waals surface area (Å²) in [5.74, 6) is -0.136. The van der Waals surface area contributed by atoms with Gasteiger partial charge in [0.1, 0.15) is 17.4 Å². The van der Waals surface area contributed by atoms with E-state index in [0.717, 1.165) is 13.0 Å². The van der Waals surface area contributed by atoms with Crippen molar-refractivity contribution >= 4 is 11.6 Å². The molecule has 1 N–H and O–H groups in total. The van der Waals surface area contributed by atoms with Crippen molar-refractivity contribution < 1.29 is 22.6 Å². The second-order valence-corrected chi connectivity index (χ2v) is 6.31. The fourth-order valence-corrected chi connectivity index (χ4v) is 2.86. The fourth-order valence-electron chi connectivity index (χ4n) is 2.59. The molecule has 23 heavy (non-hydrogen) atoms. The molecule has 0 amide bonds. The molecule has 0 saturated carbocycles. The average molecular weight is 352 g/mol. The van der Waals surface area contributed by atoms with Gasteiger partial charge in [0.2, 0.25) is 0 Å². The Morgan fingerprint density at radius 2 is 2.09 bits per heavy atom. The van der Waals surface area contributed by atoms with Crippen LogP contribution < -0.4 is 10.1 Å². The minimum Gasteiger partial charge on any atom is -0.487 e. The number of ether oxygens (including phenoxy) is 2. The lowest BCUT2D eigenvalue weighted by molar-refractivity contribution is -0.139. The average Bonchev–Trinajstić information content (AvgIpc) is 2.95. The van der Waals surface area contributed by atoms with Crippen LogP contribution >= 0.6 is 11.6 Å². The Morgan fingerprint density at radius 1 is 1.35 bits per heavy atom. The van der Waals surface area contributed by atoms with Crippen LogP contribution in [-0.4, -0.2) is 31.9 Å². The molecule has 2 unspecified atom stereocenters. The zero-order valence-electron chi connectivity index (χ0n) is 13.1. The molecule has 0 bridgehead atoms. The van der Waals surface area contributed by atoms with Crippen LogP contribution in [0.5, 0.6) is 5.75 Å². The summed E-state index contributed by atoms with van der Waals surface area (Å²) in [5.41, 5.74) is -0.929. The monoisotopic (exact) mass is 351 g/mol. The molecule has 1 fully saturated rings. The Morgan fingerprint density at radius 3 is 2.65 bits per heavy atom. The van der Waals surface area contributed by atoms with Gasteiger partial charge in [0.15, 0.2) is 0 Å². The lowest BCUT2D eigenvalue weighted by atomic mass is 10.0. The third-order valence-corrected chi connectivity index (χ3v) is 4.07. The number of halogens is 4. The van der Waals surface area contributed by atoms with E-state index in [4.69, 9.17) is 21.1 Å². The molecule has 0 aromatic heterocycles. The summed E-state index contributed by atoms with van der Waals surface area (Å²) in [6.45, 7) is 5.53. The van der Waals surface area contributed by atoms with Gasteiger partial charge in [-0.3, -0.25) is 0 Å². The number of hydrogen-bond donors (Lipinski definition) is 1. The van der Waals surface area contributed by atoms with Crippen molar-refractivity contribution in [3.63, 3.8) is 0 Å². The van der Waals surface area contributed by atoms with Crippen molar-refractivity contribution in [1.29, 1.82) is 0 Å². The summed E-state index contributed by atoms with van der Waals surface area (Å²) >= 11 is 5.74. The first-order chi connectivity index (χ1) is 10.8. The maximum absolute atomic E-state index is 13.2. The fraction of sp³-hybridized carbons (Fsp3) is 0.625. The van der Waals surface area contributed by atoms with Crippen molar-refractivity contribution in [2.45, 2.75) is 38.7 Å². The first-order valence-electron chi connectivity index (χ1n) is 7.63. The van der Waals surface area contributed by atoms with E-state index in [9.17, 15) is 13.2 Å². The molecule has 7 heteroatoms. The number of alkyl halides is 3. The topological polar surface area (TPSA) is 30.5 Å². The summed E-state index contributed by atoms with van der Waals surface area (Å²) in [6.07, 6.45) is -4.19. The number of rotatable bonds is 6. The van der Waals surface area contributed by atoms with E-state index in [1.54, 1.807) is 0 Å². The molecular formula is C16H21ClF3NO2. The van der Waals surface area contributed by atoms with E-state index in [-0.39, 0.29) is 29.4 Å². The third-order valence-electron chi connectivity index (χ3n) is 3.76. The molecule has 0 radical (unpaired) electrons. The van der Waals surface area contributed by atoms with Gasteiger partial charge < -0.3 is 14.8 Å². The lowest BCUT2D eigenvalue weighted by Crippen LogP contribution is -2.34. The minimum atomic E-state index is -4.56. The summed E-state index contributed by atoms with van der Waals surface area (Å²) in [5, 5.41) is 2.84. The quantitative estimate of drug-likeness (QED) is 0.835. The molecule has 2 atom stereocenters. The van der Waals surface area contributed by atoms with Crippen LogP contribution in [-0.2, 0) is 10.9 Å². The van der Waals surface area contributed by atoms with E-state index in [0.29, 0.717) is 6.54 Å². The SMILES string of the molecule is CC(C)OCC(Oc1cccc(Cl)c1C(F)(F)F)C1CCNC1. The van der Waals surface area contributed by atoms with Gasteiger partial charge in [-0.15, -0.1) is 0 Å². The Hall–Kier alpha value is -0.980. The van der Waals surface area contributed by atoms with Gasteiger partial charge in [0, 0.05) is 12.5 Å². The molecule has 1 aromatic carbocycles. The van der Waals surface area contributed by atoms with Gasteiger partial charge in [-0.05, 0) is 38.9 Å². The number of benzene rings is 1. The van der Waals surface area contributed by atoms with Crippen LogP contribution in [0.4, 0.5) is 13.2 Å². The second kappa shape index (κ2) is 7.73.